The number of aliphatic carboxylic acids is 1. The number of carboxylic acids is 1. The lowest BCUT2D eigenvalue weighted by atomic mass is 10.0. The Kier molecular flexibility index (Phi) is 3.74. The Bertz CT molecular complexity index is 443. The highest BCUT2D eigenvalue weighted by Crippen LogP contribution is 2.24. The minimum atomic E-state index is -0.969. The minimum absolute atomic E-state index is 0.568. The quantitative estimate of drug-likeness (QED) is 0.864. The first-order valence-electron chi connectivity index (χ1n) is 5.44. The van der Waals surface area contributed by atoms with Crippen LogP contribution >= 0.6 is 0 Å². The summed E-state index contributed by atoms with van der Waals surface area (Å²) in [6.45, 7) is 5.82. The van der Waals surface area contributed by atoms with Gasteiger partial charge in [0.15, 0.2) is 0 Å². The SMILES string of the molecule is CCN(c1ccc(C#N)cc1)C(C)(C)C(=O)O. The predicted molar refractivity (Wildman–Crippen MR) is 65.9 cm³/mol. The molecule has 0 aliphatic rings. The Morgan fingerprint density at radius 3 is 2.29 bits per heavy atom. The summed E-state index contributed by atoms with van der Waals surface area (Å²) < 4.78 is 0. The maximum atomic E-state index is 11.2. The largest absolute Gasteiger partial charge is 0.480 e. The maximum absolute atomic E-state index is 11.2. The molecule has 90 valence electrons. The Morgan fingerprint density at radius 1 is 1.41 bits per heavy atom. The van der Waals surface area contributed by atoms with Crippen LogP contribution in [0.1, 0.15) is 26.3 Å². The topological polar surface area (TPSA) is 64.3 Å². The highest BCUT2D eigenvalue weighted by Gasteiger charge is 2.33. The first kappa shape index (κ1) is 13.0. The van der Waals surface area contributed by atoms with Gasteiger partial charge in [-0.2, -0.15) is 5.26 Å². The Hall–Kier alpha value is -2.02. The van der Waals surface area contributed by atoms with Crippen molar-refractivity contribution < 1.29 is 9.90 Å². The molecular formula is C13H16N2O2. The molecule has 0 heterocycles. The van der Waals surface area contributed by atoms with Crippen LogP contribution in [0.15, 0.2) is 24.3 Å². The summed E-state index contributed by atoms with van der Waals surface area (Å²) in [6.07, 6.45) is 0. The lowest BCUT2D eigenvalue weighted by molar-refractivity contribution is -0.142. The summed E-state index contributed by atoms with van der Waals surface area (Å²) in [5.41, 5.74) is 0.403. The molecule has 0 saturated heterocycles. The molecule has 0 aliphatic heterocycles. The molecule has 0 radical (unpaired) electrons. The first-order chi connectivity index (χ1) is 7.93. The Labute approximate surface area is 101 Å². The number of rotatable bonds is 4. The zero-order valence-corrected chi connectivity index (χ0v) is 10.3. The summed E-state index contributed by atoms with van der Waals surface area (Å²) in [6, 6.07) is 8.96. The van der Waals surface area contributed by atoms with E-state index in [1.807, 2.05) is 13.0 Å². The van der Waals surface area contributed by atoms with Crippen LogP contribution in [0.3, 0.4) is 0 Å². The molecule has 0 saturated carbocycles. The molecule has 0 unspecified atom stereocenters. The third-order valence-electron chi connectivity index (χ3n) is 2.82. The van der Waals surface area contributed by atoms with Gasteiger partial charge in [0, 0.05) is 12.2 Å². The van der Waals surface area contributed by atoms with Crippen molar-refractivity contribution in [2.75, 3.05) is 11.4 Å². The van der Waals surface area contributed by atoms with Gasteiger partial charge in [-0.3, -0.25) is 0 Å². The fourth-order valence-corrected chi connectivity index (χ4v) is 1.73. The monoisotopic (exact) mass is 232 g/mol. The van der Waals surface area contributed by atoms with Crippen LogP contribution in [0.25, 0.3) is 0 Å². The Morgan fingerprint density at radius 2 is 1.94 bits per heavy atom. The first-order valence-corrected chi connectivity index (χ1v) is 5.44. The maximum Gasteiger partial charge on any atom is 0.328 e. The third-order valence-corrected chi connectivity index (χ3v) is 2.82. The van der Waals surface area contributed by atoms with E-state index in [4.69, 9.17) is 5.26 Å². The molecule has 0 amide bonds. The van der Waals surface area contributed by atoms with Crippen LogP contribution in [0, 0.1) is 11.3 Å². The molecule has 0 aliphatic carbocycles. The molecule has 4 heteroatoms. The average Bonchev–Trinajstić information content (AvgIpc) is 2.30. The smallest absolute Gasteiger partial charge is 0.328 e. The number of benzene rings is 1. The van der Waals surface area contributed by atoms with Crippen LogP contribution in [0.4, 0.5) is 5.69 Å². The van der Waals surface area contributed by atoms with Gasteiger partial charge in [-0.25, -0.2) is 4.79 Å². The molecule has 17 heavy (non-hydrogen) atoms. The van der Waals surface area contributed by atoms with Gasteiger partial charge >= 0.3 is 5.97 Å². The molecule has 1 rings (SSSR count). The van der Waals surface area contributed by atoms with E-state index in [1.165, 1.54) is 0 Å². The van der Waals surface area contributed by atoms with E-state index in [-0.39, 0.29) is 0 Å². The van der Waals surface area contributed by atoms with Crippen molar-refractivity contribution in [3.05, 3.63) is 29.8 Å². The molecule has 4 nitrogen and oxygen atoms in total. The number of likely N-dealkylation sites (N-methyl/N-ethyl adjacent to an activating group) is 1. The zero-order chi connectivity index (χ0) is 13.1. The fourth-order valence-electron chi connectivity index (χ4n) is 1.73. The molecule has 0 spiro atoms. The van der Waals surface area contributed by atoms with E-state index in [2.05, 4.69) is 0 Å². The van der Waals surface area contributed by atoms with E-state index in [9.17, 15) is 9.90 Å². The number of hydrogen-bond donors (Lipinski definition) is 1. The van der Waals surface area contributed by atoms with Crippen molar-refractivity contribution in [1.29, 1.82) is 5.26 Å². The summed E-state index contributed by atoms with van der Waals surface area (Å²) in [5.74, 6) is -0.872. The molecule has 0 atom stereocenters. The molecule has 0 aromatic heterocycles. The zero-order valence-electron chi connectivity index (χ0n) is 10.3. The van der Waals surface area contributed by atoms with Crippen molar-refractivity contribution >= 4 is 11.7 Å². The third kappa shape index (κ3) is 2.56. The van der Waals surface area contributed by atoms with Gasteiger partial charge in [-0.1, -0.05) is 0 Å². The predicted octanol–water partition coefficient (Wildman–Crippen LogP) is 2.25. The van der Waals surface area contributed by atoms with E-state index >= 15 is 0 Å². The van der Waals surface area contributed by atoms with Crippen molar-refractivity contribution in [2.24, 2.45) is 0 Å². The van der Waals surface area contributed by atoms with Crippen molar-refractivity contribution in [3.63, 3.8) is 0 Å². The van der Waals surface area contributed by atoms with Gasteiger partial charge in [0.25, 0.3) is 0 Å². The summed E-state index contributed by atoms with van der Waals surface area (Å²) >= 11 is 0. The van der Waals surface area contributed by atoms with E-state index < -0.39 is 11.5 Å². The molecule has 0 bridgehead atoms. The molecule has 1 aromatic rings. The molecule has 1 aromatic carbocycles. The summed E-state index contributed by atoms with van der Waals surface area (Å²) in [4.78, 5) is 13.0. The number of nitriles is 1. The summed E-state index contributed by atoms with van der Waals surface area (Å²) in [5, 5.41) is 17.9. The van der Waals surface area contributed by atoms with Crippen LogP contribution in [-0.2, 0) is 4.79 Å². The number of anilines is 1. The van der Waals surface area contributed by atoms with Crippen LogP contribution in [-0.4, -0.2) is 23.2 Å². The number of carbonyl (C=O) groups is 1. The van der Waals surface area contributed by atoms with Crippen molar-refractivity contribution in [1.82, 2.24) is 0 Å². The van der Waals surface area contributed by atoms with Gasteiger partial charge < -0.3 is 10.0 Å². The van der Waals surface area contributed by atoms with Crippen LogP contribution in [0.5, 0.6) is 0 Å². The standard InChI is InChI=1S/C13H16N2O2/c1-4-15(13(2,3)12(16)17)11-7-5-10(9-14)6-8-11/h5-8H,4H2,1-3H3,(H,16,17). The number of nitrogens with zero attached hydrogens (tertiary/aromatic N) is 2. The summed E-state index contributed by atoms with van der Waals surface area (Å²) in [7, 11) is 0. The molecule has 1 N–H and O–H groups in total. The number of carboxylic acid groups (broad SMARTS) is 1. The second kappa shape index (κ2) is 4.88. The minimum Gasteiger partial charge on any atom is -0.480 e. The average molecular weight is 232 g/mol. The fraction of sp³-hybridized carbons (Fsp3) is 0.385. The lowest BCUT2D eigenvalue weighted by Crippen LogP contribution is -2.50. The van der Waals surface area contributed by atoms with E-state index in [0.29, 0.717) is 12.1 Å². The highest BCUT2D eigenvalue weighted by atomic mass is 16.4. The van der Waals surface area contributed by atoms with Crippen molar-refractivity contribution in [2.45, 2.75) is 26.3 Å². The van der Waals surface area contributed by atoms with Crippen LogP contribution in [0.2, 0.25) is 0 Å². The second-order valence-electron chi connectivity index (χ2n) is 4.27. The van der Waals surface area contributed by atoms with E-state index in [0.717, 1.165) is 5.69 Å². The van der Waals surface area contributed by atoms with Gasteiger partial charge in [0.2, 0.25) is 0 Å². The van der Waals surface area contributed by atoms with Crippen LogP contribution < -0.4 is 4.90 Å². The lowest BCUT2D eigenvalue weighted by Gasteiger charge is -2.36. The molecule has 0 fully saturated rings. The van der Waals surface area contributed by atoms with E-state index in [1.54, 1.807) is 43.0 Å². The second-order valence-corrected chi connectivity index (χ2v) is 4.27. The highest BCUT2D eigenvalue weighted by molar-refractivity contribution is 5.82. The van der Waals surface area contributed by atoms with Gasteiger partial charge in [-0.15, -0.1) is 0 Å². The number of hydrogen-bond acceptors (Lipinski definition) is 3. The van der Waals surface area contributed by atoms with Gasteiger partial charge in [-0.05, 0) is 45.0 Å². The normalized spacial score (nSPS) is 10.7. The Balaban J connectivity index is 3.10. The van der Waals surface area contributed by atoms with Gasteiger partial charge in [0.05, 0.1) is 11.6 Å². The van der Waals surface area contributed by atoms with Crippen molar-refractivity contribution in [3.8, 4) is 6.07 Å². The molecular weight excluding hydrogens is 216 g/mol. The van der Waals surface area contributed by atoms with Gasteiger partial charge in [0.1, 0.15) is 5.54 Å².